The van der Waals surface area contributed by atoms with Gasteiger partial charge in [-0.15, -0.1) is 22.9 Å². The second kappa shape index (κ2) is 3.97. The van der Waals surface area contributed by atoms with E-state index >= 15 is 0 Å². The molecule has 0 spiro atoms. The van der Waals surface area contributed by atoms with Crippen molar-refractivity contribution in [3.8, 4) is 5.75 Å². The molecule has 0 fully saturated rings. The maximum Gasteiger partial charge on any atom is 0.138 e. The van der Waals surface area contributed by atoms with E-state index in [2.05, 4.69) is 0 Å². The first-order chi connectivity index (χ1) is 6.76. The van der Waals surface area contributed by atoms with E-state index in [4.69, 9.17) is 27.9 Å². The number of halogens is 2. The van der Waals surface area contributed by atoms with Gasteiger partial charge in [0, 0.05) is 15.0 Å². The minimum Gasteiger partial charge on any atom is -0.495 e. The minimum absolute atomic E-state index is 0.526. The molecule has 0 atom stereocenters. The molecule has 0 aliphatic carbocycles. The van der Waals surface area contributed by atoms with Crippen LogP contribution in [0.3, 0.4) is 0 Å². The van der Waals surface area contributed by atoms with E-state index in [1.165, 1.54) is 0 Å². The number of fused-ring (bicyclic) bond motifs is 1. The summed E-state index contributed by atoms with van der Waals surface area (Å²) in [5.74, 6) is 1.23. The summed E-state index contributed by atoms with van der Waals surface area (Å²) >= 11 is 13.6. The number of hydrogen-bond donors (Lipinski definition) is 0. The van der Waals surface area contributed by atoms with Gasteiger partial charge >= 0.3 is 0 Å². The fourth-order valence-corrected chi connectivity index (χ4v) is 2.85. The van der Waals surface area contributed by atoms with Gasteiger partial charge in [0.2, 0.25) is 0 Å². The summed E-state index contributed by atoms with van der Waals surface area (Å²) < 4.78 is 6.28. The van der Waals surface area contributed by atoms with E-state index in [1.54, 1.807) is 18.4 Å². The van der Waals surface area contributed by atoms with Crippen molar-refractivity contribution in [3.05, 3.63) is 28.1 Å². The molecular formula is C10H8Cl2OS. The second-order valence-electron chi connectivity index (χ2n) is 2.84. The van der Waals surface area contributed by atoms with Crippen LogP contribution >= 0.6 is 34.5 Å². The summed E-state index contributed by atoms with van der Waals surface area (Å²) in [7, 11) is 1.61. The summed E-state index contributed by atoms with van der Waals surface area (Å²) in [5, 5.41) is 1.68. The van der Waals surface area contributed by atoms with E-state index in [9.17, 15) is 0 Å². The highest BCUT2D eigenvalue weighted by Crippen LogP contribution is 2.37. The Morgan fingerprint density at radius 3 is 2.86 bits per heavy atom. The van der Waals surface area contributed by atoms with Crippen LogP contribution in [0.15, 0.2) is 18.2 Å². The first-order valence-electron chi connectivity index (χ1n) is 4.07. The molecule has 0 saturated carbocycles. The summed E-state index contributed by atoms with van der Waals surface area (Å²) in [6.45, 7) is 0. The fraction of sp³-hybridized carbons (Fsp3) is 0.200. The van der Waals surface area contributed by atoms with Gasteiger partial charge in [-0.05, 0) is 18.2 Å². The number of thiophene rings is 1. The molecule has 2 rings (SSSR count). The van der Waals surface area contributed by atoms with Crippen molar-refractivity contribution < 1.29 is 4.74 Å². The quantitative estimate of drug-likeness (QED) is 0.719. The van der Waals surface area contributed by atoms with E-state index in [0.717, 1.165) is 15.0 Å². The highest BCUT2D eigenvalue weighted by molar-refractivity contribution is 7.19. The summed E-state index contributed by atoms with van der Waals surface area (Å²) in [4.78, 5) is 1.12. The van der Waals surface area contributed by atoms with Crippen molar-refractivity contribution in [3.63, 3.8) is 0 Å². The van der Waals surface area contributed by atoms with Crippen LogP contribution in [0, 0.1) is 0 Å². The third-order valence-corrected chi connectivity index (χ3v) is 3.94. The van der Waals surface area contributed by atoms with E-state index in [-0.39, 0.29) is 0 Å². The van der Waals surface area contributed by atoms with Gasteiger partial charge in [-0.2, -0.15) is 0 Å². The molecule has 0 aliphatic rings. The zero-order valence-electron chi connectivity index (χ0n) is 7.51. The molecule has 0 aliphatic heterocycles. The van der Waals surface area contributed by atoms with Crippen molar-refractivity contribution in [1.82, 2.24) is 0 Å². The molecule has 0 saturated heterocycles. The predicted octanol–water partition coefficient (Wildman–Crippen LogP) is 4.30. The van der Waals surface area contributed by atoms with Crippen molar-refractivity contribution in [2.24, 2.45) is 0 Å². The van der Waals surface area contributed by atoms with Crippen molar-refractivity contribution in [2.75, 3.05) is 7.11 Å². The normalized spacial score (nSPS) is 10.8. The van der Waals surface area contributed by atoms with Gasteiger partial charge in [0.1, 0.15) is 5.75 Å². The van der Waals surface area contributed by atoms with Gasteiger partial charge in [0.05, 0.1) is 18.0 Å². The molecule has 1 aromatic carbocycles. The van der Waals surface area contributed by atoms with Gasteiger partial charge in [-0.1, -0.05) is 11.6 Å². The van der Waals surface area contributed by atoms with Crippen LogP contribution in [-0.2, 0) is 5.88 Å². The summed E-state index contributed by atoms with van der Waals surface area (Å²) in [6, 6.07) is 5.89. The Hall–Kier alpha value is -0.440. The Bertz CT molecular complexity index is 464. The lowest BCUT2D eigenvalue weighted by Gasteiger charge is -2.02. The zero-order valence-corrected chi connectivity index (χ0v) is 9.84. The Labute approximate surface area is 96.2 Å². The summed E-state index contributed by atoms with van der Waals surface area (Å²) in [6.07, 6.45) is 0. The molecule has 0 radical (unpaired) electrons. The molecule has 0 bridgehead atoms. The highest BCUT2D eigenvalue weighted by atomic mass is 35.5. The Balaban J connectivity index is 2.68. The number of benzene rings is 1. The lowest BCUT2D eigenvalue weighted by atomic mass is 10.2. The van der Waals surface area contributed by atoms with Crippen LogP contribution in [0.2, 0.25) is 5.02 Å². The Morgan fingerprint density at radius 1 is 1.43 bits per heavy atom. The lowest BCUT2D eigenvalue weighted by molar-refractivity contribution is 0.415. The van der Waals surface area contributed by atoms with Gasteiger partial charge in [-0.25, -0.2) is 0 Å². The highest BCUT2D eigenvalue weighted by Gasteiger charge is 2.08. The van der Waals surface area contributed by atoms with Crippen LogP contribution in [0.1, 0.15) is 4.88 Å². The lowest BCUT2D eigenvalue weighted by Crippen LogP contribution is -1.82. The maximum absolute atomic E-state index is 6.15. The van der Waals surface area contributed by atoms with Gasteiger partial charge in [0.15, 0.2) is 0 Å². The maximum atomic E-state index is 6.15. The van der Waals surface area contributed by atoms with E-state index in [1.807, 2.05) is 18.2 Å². The standard InChI is InChI=1S/C10H8Cl2OS/c1-13-8-2-3-9-7(10(8)12)4-6(5-11)14-9/h2-4H,5H2,1H3. The third-order valence-electron chi connectivity index (χ3n) is 2.00. The largest absolute Gasteiger partial charge is 0.495 e. The zero-order chi connectivity index (χ0) is 10.1. The van der Waals surface area contributed by atoms with Crippen molar-refractivity contribution >= 4 is 44.6 Å². The fourth-order valence-electron chi connectivity index (χ4n) is 1.33. The molecule has 1 nitrogen and oxygen atoms in total. The van der Waals surface area contributed by atoms with Crippen molar-refractivity contribution in [2.45, 2.75) is 5.88 Å². The number of ether oxygens (including phenoxy) is 1. The molecule has 0 N–H and O–H groups in total. The van der Waals surface area contributed by atoms with E-state index in [0.29, 0.717) is 16.7 Å². The number of rotatable bonds is 2. The topological polar surface area (TPSA) is 9.23 Å². The smallest absolute Gasteiger partial charge is 0.138 e. The van der Waals surface area contributed by atoms with Crippen LogP contribution in [0.25, 0.3) is 10.1 Å². The SMILES string of the molecule is COc1ccc2sc(CCl)cc2c1Cl. The first-order valence-corrected chi connectivity index (χ1v) is 5.80. The molecule has 1 aromatic heterocycles. The molecule has 74 valence electrons. The average molecular weight is 247 g/mol. The third kappa shape index (κ3) is 1.58. The van der Waals surface area contributed by atoms with Gasteiger partial charge in [-0.3, -0.25) is 0 Å². The number of hydrogen-bond acceptors (Lipinski definition) is 2. The van der Waals surface area contributed by atoms with Gasteiger partial charge < -0.3 is 4.74 Å². The molecule has 4 heteroatoms. The minimum atomic E-state index is 0.526. The molecule has 0 unspecified atom stereocenters. The molecule has 1 heterocycles. The molecule has 0 amide bonds. The number of alkyl halides is 1. The molecular weight excluding hydrogens is 239 g/mol. The Kier molecular flexibility index (Phi) is 2.86. The predicted molar refractivity (Wildman–Crippen MR) is 62.9 cm³/mol. The Morgan fingerprint density at radius 2 is 2.21 bits per heavy atom. The van der Waals surface area contributed by atoms with E-state index < -0.39 is 0 Å². The molecule has 2 aromatic rings. The number of methoxy groups -OCH3 is 1. The first kappa shape index (κ1) is 10.1. The average Bonchev–Trinajstić information content (AvgIpc) is 2.62. The van der Waals surface area contributed by atoms with Crippen LogP contribution in [0.4, 0.5) is 0 Å². The molecule has 14 heavy (non-hydrogen) atoms. The monoisotopic (exact) mass is 246 g/mol. The van der Waals surface area contributed by atoms with Crippen LogP contribution in [-0.4, -0.2) is 7.11 Å². The van der Waals surface area contributed by atoms with Crippen LogP contribution in [0.5, 0.6) is 5.75 Å². The second-order valence-corrected chi connectivity index (χ2v) is 4.65. The van der Waals surface area contributed by atoms with Crippen molar-refractivity contribution in [1.29, 1.82) is 0 Å². The van der Waals surface area contributed by atoms with Gasteiger partial charge in [0.25, 0.3) is 0 Å². The van der Waals surface area contributed by atoms with Crippen LogP contribution < -0.4 is 4.74 Å². The summed E-state index contributed by atoms with van der Waals surface area (Å²) in [5.41, 5.74) is 0.